The van der Waals surface area contributed by atoms with Gasteiger partial charge in [0.25, 0.3) is 5.92 Å². The van der Waals surface area contributed by atoms with E-state index in [0.717, 1.165) is 43.2 Å². The molecule has 342 valence electrons. The van der Waals surface area contributed by atoms with E-state index in [2.05, 4.69) is 32.5 Å². The van der Waals surface area contributed by atoms with Crippen LogP contribution in [0.25, 0.3) is 44.5 Å². The summed E-state index contributed by atoms with van der Waals surface area (Å²) in [4.78, 5) is 72.1. The monoisotopic (exact) mass is 890 g/mol. The number of alkyl halides is 2. The summed E-state index contributed by atoms with van der Waals surface area (Å²) in [5.74, 6) is -2.68. The number of piperidine rings is 1. The first-order valence-electron chi connectivity index (χ1n) is 22.5. The molecule has 4 N–H and O–H groups in total. The van der Waals surface area contributed by atoms with Crippen LogP contribution in [0.4, 0.5) is 18.4 Å². The van der Waals surface area contributed by atoms with Gasteiger partial charge in [-0.25, -0.2) is 19.6 Å². The van der Waals surface area contributed by atoms with Gasteiger partial charge >= 0.3 is 12.2 Å². The first-order chi connectivity index (χ1) is 31.0. The van der Waals surface area contributed by atoms with Crippen LogP contribution in [0.15, 0.2) is 60.8 Å². The summed E-state index contributed by atoms with van der Waals surface area (Å²) < 4.78 is 42.9. The highest BCUT2D eigenvalue weighted by Crippen LogP contribution is 2.53. The van der Waals surface area contributed by atoms with E-state index in [1.165, 1.54) is 20.3 Å². The number of carbonyl (C=O) groups excluding carboxylic acids is 4. The van der Waals surface area contributed by atoms with Gasteiger partial charge in [-0.05, 0) is 102 Å². The van der Waals surface area contributed by atoms with Gasteiger partial charge in [-0.15, -0.1) is 0 Å². The molecule has 5 aromatic rings. The number of hydrogen-bond acceptors (Lipinski definition) is 8. The first-order valence-corrected chi connectivity index (χ1v) is 22.5. The standard InChI is InChI=1S/C49H56F2N8O6/c1-25(2)40(56-46(62)64-6)44(60)58(24-48(5)16-17-48)23-39-52-22-38(53-39)29-10-14-33-32-13-9-27(19-34(32)49(50,51)35(33)20-29)28-11-15-36-37(21-28)55-43(54-36)42-30-8-12-31(18-30)59(42)45(61)41(26(3)4)57-47(63)65-7/h9-11,13-15,19-22,25-26,30-31,40-42H,8,12,16-18,23-24H2,1-7H3,(H,52,53)(H,54,55)(H,56,62)(H,57,63)/t30-,31+,40-,41-,42-/m0/s1. The minimum atomic E-state index is -3.29. The molecule has 0 spiro atoms. The molecule has 2 aromatic heterocycles. The molecular formula is C49H56F2N8O6. The normalized spacial score (nSPS) is 20.7. The fourth-order valence-electron chi connectivity index (χ4n) is 10.1. The van der Waals surface area contributed by atoms with Crippen LogP contribution in [-0.4, -0.2) is 92.6 Å². The number of ether oxygens (including phenoxy) is 2. The van der Waals surface area contributed by atoms with Crippen molar-refractivity contribution < 1.29 is 37.4 Å². The molecule has 0 radical (unpaired) electrons. The largest absolute Gasteiger partial charge is 0.453 e. The van der Waals surface area contributed by atoms with E-state index in [1.807, 2.05) is 56.9 Å². The number of carbonyl (C=O) groups is 4. The molecule has 3 aliphatic carbocycles. The molecule has 4 amide bonds. The SMILES string of the molecule is COC(=O)N[C@H](C(=O)N(Cc1ncc(-c2ccc3c(c2)C(F)(F)c2cc(-c4ccc5nc([C@@H]6[C@H]7CC[C@H](C7)N6C(=O)[C@@H](NC(=O)OC)C(C)C)[nH]c5c4)ccc2-3)[nH]1)CC1(C)CC1)C(C)C. The Morgan fingerprint density at radius 3 is 2.11 bits per heavy atom. The van der Waals surface area contributed by atoms with Crippen LogP contribution >= 0.6 is 0 Å². The fraction of sp³-hybridized carbons (Fsp3) is 0.469. The van der Waals surface area contributed by atoms with Gasteiger partial charge in [0.1, 0.15) is 23.7 Å². The number of likely N-dealkylation sites (tertiary alicyclic amines) is 1. The van der Waals surface area contributed by atoms with Crippen molar-refractivity contribution in [2.75, 3.05) is 20.8 Å². The lowest BCUT2D eigenvalue weighted by Gasteiger charge is -2.37. The number of H-pyrrole nitrogens is 2. The predicted molar refractivity (Wildman–Crippen MR) is 239 cm³/mol. The molecule has 2 saturated carbocycles. The van der Waals surface area contributed by atoms with Crippen molar-refractivity contribution in [3.05, 3.63) is 83.6 Å². The van der Waals surface area contributed by atoms with Gasteiger partial charge in [0.15, 0.2) is 0 Å². The van der Waals surface area contributed by atoms with Gasteiger partial charge in [-0.2, -0.15) is 8.78 Å². The number of fused-ring (bicyclic) bond motifs is 6. The minimum absolute atomic E-state index is 0.0289. The average Bonchev–Trinajstić information content (AvgIpc) is 3.86. The first kappa shape index (κ1) is 43.9. The zero-order valence-electron chi connectivity index (χ0n) is 37.8. The number of hydrogen-bond donors (Lipinski definition) is 4. The number of nitrogens with one attached hydrogen (secondary N) is 4. The lowest BCUT2D eigenvalue weighted by atomic mass is 9.95. The van der Waals surface area contributed by atoms with Crippen molar-refractivity contribution in [1.82, 2.24) is 40.4 Å². The van der Waals surface area contributed by atoms with Crippen molar-refractivity contribution >= 4 is 35.0 Å². The molecule has 14 nitrogen and oxygen atoms in total. The number of amides is 4. The highest BCUT2D eigenvalue weighted by molar-refractivity contribution is 5.89. The lowest BCUT2D eigenvalue weighted by Crippen LogP contribution is -2.54. The Bertz CT molecular complexity index is 2690. The highest BCUT2D eigenvalue weighted by atomic mass is 19.3. The van der Waals surface area contributed by atoms with Crippen molar-refractivity contribution in [2.24, 2.45) is 23.2 Å². The van der Waals surface area contributed by atoms with Crippen LogP contribution in [0.3, 0.4) is 0 Å². The van der Waals surface area contributed by atoms with E-state index in [1.54, 1.807) is 35.4 Å². The average molecular weight is 891 g/mol. The topological polar surface area (TPSA) is 175 Å². The van der Waals surface area contributed by atoms with Gasteiger partial charge in [-0.1, -0.05) is 65.0 Å². The molecule has 3 aromatic carbocycles. The van der Waals surface area contributed by atoms with Gasteiger partial charge in [0, 0.05) is 29.3 Å². The number of alkyl carbamates (subject to hydrolysis) is 2. The van der Waals surface area contributed by atoms with Crippen LogP contribution in [0.5, 0.6) is 0 Å². The quantitative estimate of drug-likeness (QED) is 0.0909. The second-order valence-corrected chi connectivity index (χ2v) is 19.3. The summed E-state index contributed by atoms with van der Waals surface area (Å²) in [7, 11) is 2.53. The number of rotatable bonds is 13. The van der Waals surface area contributed by atoms with Crippen molar-refractivity contribution in [3.8, 4) is 33.5 Å². The molecule has 2 bridgehead atoms. The Balaban J connectivity index is 0.946. The number of methoxy groups -OCH3 is 2. The third kappa shape index (κ3) is 8.09. The van der Waals surface area contributed by atoms with Gasteiger partial charge in [0.2, 0.25) is 11.8 Å². The Labute approximate surface area is 376 Å². The Hall–Kier alpha value is -6.32. The maximum Gasteiger partial charge on any atom is 0.407 e. The number of imidazole rings is 2. The maximum absolute atomic E-state index is 16.6. The van der Waals surface area contributed by atoms with Crippen LogP contribution < -0.4 is 10.6 Å². The minimum Gasteiger partial charge on any atom is -0.453 e. The number of halogens is 2. The van der Waals surface area contributed by atoms with E-state index in [4.69, 9.17) is 14.5 Å². The van der Waals surface area contributed by atoms with Crippen LogP contribution in [0, 0.1) is 23.2 Å². The molecule has 0 unspecified atom stereocenters. The summed E-state index contributed by atoms with van der Waals surface area (Å²) >= 11 is 0. The molecule has 1 saturated heterocycles. The second-order valence-electron chi connectivity index (χ2n) is 19.3. The Morgan fingerprint density at radius 1 is 0.846 bits per heavy atom. The van der Waals surface area contributed by atoms with Crippen molar-refractivity contribution in [1.29, 1.82) is 0 Å². The lowest BCUT2D eigenvalue weighted by molar-refractivity contribution is -0.139. The summed E-state index contributed by atoms with van der Waals surface area (Å²) in [6.07, 6.45) is 4.93. The Kier molecular flexibility index (Phi) is 11.2. The van der Waals surface area contributed by atoms with Crippen molar-refractivity contribution in [3.63, 3.8) is 0 Å². The fourth-order valence-corrected chi connectivity index (χ4v) is 10.1. The zero-order chi connectivity index (χ0) is 46.1. The predicted octanol–water partition coefficient (Wildman–Crippen LogP) is 8.68. The molecule has 65 heavy (non-hydrogen) atoms. The molecule has 9 rings (SSSR count). The Morgan fingerprint density at radius 2 is 1.46 bits per heavy atom. The third-order valence-electron chi connectivity index (χ3n) is 14.0. The summed E-state index contributed by atoms with van der Waals surface area (Å²) in [5.41, 5.74) is 4.55. The van der Waals surface area contributed by atoms with Crippen LogP contribution in [-0.2, 0) is 31.5 Å². The maximum atomic E-state index is 16.6. The van der Waals surface area contributed by atoms with E-state index in [-0.39, 0.29) is 64.7 Å². The molecule has 5 atom stereocenters. The molecule has 3 fully saturated rings. The van der Waals surface area contributed by atoms with E-state index >= 15 is 8.78 Å². The number of aromatic amines is 2. The third-order valence-corrected chi connectivity index (χ3v) is 14.0. The number of benzene rings is 3. The molecule has 16 heteroatoms. The van der Waals surface area contributed by atoms with Crippen LogP contribution in [0.1, 0.15) is 95.5 Å². The number of aromatic nitrogens is 4. The molecular weight excluding hydrogens is 835 g/mol. The zero-order valence-corrected chi connectivity index (χ0v) is 37.8. The molecule has 1 aliphatic heterocycles. The second kappa shape index (κ2) is 16.6. The summed E-state index contributed by atoms with van der Waals surface area (Å²) in [6.45, 7) is 10.2. The van der Waals surface area contributed by atoms with Crippen LogP contribution in [0.2, 0.25) is 0 Å². The van der Waals surface area contributed by atoms with E-state index < -0.39 is 30.2 Å². The van der Waals surface area contributed by atoms with Gasteiger partial charge in [-0.3, -0.25) is 9.59 Å². The van der Waals surface area contributed by atoms with Crippen molar-refractivity contribution in [2.45, 2.75) is 103 Å². The van der Waals surface area contributed by atoms with E-state index in [9.17, 15) is 19.2 Å². The summed E-state index contributed by atoms with van der Waals surface area (Å²) in [6, 6.07) is 14.0. The molecule has 3 heterocycles. The molecule has 4 aliphatic rings. The smallest absolute Gasteiger partial charge is 0.407 e. The summed E-state index contributed by atoms with van der Waals surface area (Å²) in [5, 5.41) is 5.41. The number of nitrogens with zero attached hydrogens (tertiary/aromatic N) is 4. The highest BCUT2D eigenvalue weighted by Gasteiger charge is 2.52. The van der Waals surface area contributed by atoms with E-state index in [0.29, 0.717) is 51.7 Å². The van der Waals surface area contributed by atoms with Gasteiger partial charge in [0.05, 0.1) is 49.7 Å². The van der Waals surface area contributed by atoms with Gasteiger partial charge < -0.3 is 39.9 Å².